The summed E-state index contributed by atoms with van der Waals surface area (Å²) in [6.07, 6.45) is 14.9. The van der Waals surface area contributed by atoms with Crippen molar-refractivity contribution in [1.29, 1.82) is 0 Å². The Hall–Kier alpha value is -1.04. The SMILES string of the molecule is CC1=CC2=C(C=CC1)CCC=C2. The first-order valence-electron chi connectivity index (χ1n) is 4.59. The van der Waals surface area contributed by atoms with Gasteiger partial charge in [0.05, 0.1) is 0 Å². The van der Waals surface area contributed by atoms with Crippen LogP contribution in [0.3, 0.4) is 0 Å². The van der Waals surface area contributed by atoms with Gasteiger partial charge in [-0.1, -0.05) is 36.0 Å². The van der Waals surface area contributed by atoms with E-state index in [0.717, 1.165) is 6.42 Å². The van der Waals surface area contributed by atoms with E-state index in [2.05, 4.69) is 37.3 Å². The summed E-state index contributed by atoms with van der Waals surface area (Å²) in [4.78, 5) is 0. The summed E-state index contributed by atoms with van der Waals surface area (Å²) in [5.74, 6) is 0. The zero-order chi connectivity index (χ0) is 8.39. The van der Waals surface area contributed by atoms with E-state index in [9.17, 15) is 0 Å². The molecule has 0 aromatic heterocycles. The Balaban J connectivity index is 2.41. The van der Waals surface area contributed by atoms with E-state index in [1.165, 1.54) is 29.6 Å². The van der Waals surface area contributed by atoms with Gasteiger partial charge in [0.25, 0.3) is 0 Å². The Morgan fingerprint density at radius 3 is 3.00 bits per heavy atom. The van der Waals surface area contributed by atoms with Crippen LogP contribution in [-0.4, -0.2) is 0 Å². The van der Waals surface area contributed by atoms with Gasteiger partial charge in [-0.2, -0.15) is 0 Å². The standard InChI is InChI=1S/C12H14/c1-10-5-4-8-11-6-2-3-7-12(11)9-10/h3-4,7-9H,2,5-6H2,1H3. The molecule has 2 aliphatic carbocycles. The van der Waals surface area contributed by atoms with Crippen molar-refractivity contribution < 1.29 is 0 Å². The zero-order valence-corrected chi connectivity index (χ0v) is 7.51. The zero-order valence-electron chi connectivity index (χ0n) is 7.51. The van der Waals surface area contributed by atoms with Gasteiger partial charge in [-0.15, -0.1) is 0 Å². The maximum absolute atomic E-state index is 2.31. The summed E-state index contributed by atoms with van der Waals surface area (Å²) in [5.41, 5.74) is 4.39. The molecule has 0 amide bonds. The first-order chi connectivity index (χ1) is 5.86. The fourth-order valence-electron chi connectivity index (χ4n) is 1.73. The van der Waals surface area contributed by atoms with E-state index in [1.807, 2.05) is 0 Å². The highest BCUT2D eigenvalue weighted by Gasteiger charge is 2.05. The van der Waals surface area contributed by atoms with Gasteiger partial charge in [0.15, 0.2) is 0 Å². The van der Waals surface area contributed by atoms with Crippen molar-refractivity contribution in [2.75, 3.05) is 0 Å². The van der Waals surface area contributed by atoms with Crippen LogP contribution >= 0.6 is 0 Å². The molecule has 0 N–H and O–H groups in total. The van der Waals surface area contributed by atoms with E-state index >= 15 is 0 Å². The number of hydrogen-bond acceptors (Lipinski definition) is 0. The predicted octanol–water partition coefficient (Wildman–Crippen LogP) is 3.54. The molecule has 0 atom stereocenters. The Bertz CT molecular complexity index is 298. The molecule has 0 aromatic carbocycles. The second kappa shape index (κ2) is 3.14. The molecule has 0 bridgehead atoms. The summed E-state index contributed by atoms with van der Waals surface area (Å²) < 4.78 is 0. The van der Waals surface area contributed by atoms with Gasteiger partial charge < -0.3 is 0 Å². The lowest BCUT2D eigenvalue weighted by Crippen LogP contribution is -1.89. The van der Waals surface area contributed by atoms with Crippen molar-refractivity contribution in [1.82, 2.24) is 0 Å². The molecule has 0 nitrogen and oxygen atoms in total. The van der Waals surface area contributed by atoms with Gasteiger partial charge in [-0.3, -0.25) is 0 Å². The molecule has 62 valence electrons. The van der Waals surface area contributed by atoms with Crippen LogP contribution in [0.1, 0.15) is 26.2 Å². The molecule has 0 aliphatic heterocycles. The maximum atomic E-state index is 2.31. The van der Waals surface area contributed by atoms with Crippen molar-refractivity contribution in [2.24, 2.45) is 0 Å². The summed E-state index contributed by atoms with van der Waals surface area (Å²) in [7, 11) is 0. The molecule has 2 aliphatic rings. The second-order valence-electron chi connectivity index (χ2n) is 3.52. The Labute approximate surface area is 74.0 Å². The fourth-order valence-corrected chi connectivity index (χ4v) is 1.73. The van der Waals surface area contributed by atoms with E-state index in [1.54, 1.807) is 0 Å². The molecule has 0 unspecified atom stereocenters. The Morgan fingerprint density at radius 2 is 2.08 bits per heavy atom. The fraction of sp³-hybridized carbons (Fsp3) is 0.333. The maximum Gasteiger partial charge on any atom is -0.0135 e. The van der Waals surface area contributed by atoms with Crippen molar-refractivity contribution in [3.63, 3.8) is 0 Å². The third kappa shape index (κ3) is 1.42. The molecule has 0 saturated carbocycles. The molecule has 0 aromatic rings. The topological polar surface area (TPSA) is 0 Å². The summed E-state index contributed by atoms with van der Waals surface area (Å²) >= 11 is 0. The average molecular weight is 158 g/mol. The number of rotatable bonds is 0. The smallest absolute Gasteiger partial charge is 0.0135 e. The van der Waals surface area contributed by atoms with Crippen molar-refractivity contribution in [2.45, 2.75) is 26.2 Å². The van der Waals surface area contributed by atoms with Crippen LogP contribution in [0.4, 0.5) is 0 Å². The Kier molecular flexibility index (Phi) is 1.99. The third-order valence-corrected chi connectivity index (χ3v) is 2.41. The molecule has 2 rings (SSSR count). The summed E-state index contributed by atoms with van der Waals surface area (Å²) in [6, 6.07) is 0. The van der Waals surface area contributed by atoms with E-state index in [-0.39, 0.29) is 0 Å². The normalized spacial score (nSPS) is 21.9. The summed E-state index contributed by atoms with van der Waals surface area (Å²) in [5, 5.41) is 0. The van der Waals surface area contributed by atoms with Gasteiger partial charge in [-0.25, -0.2) is 0 Å². The van der Waals surface area contributed by atoms with Crippen LogP contribution in [-0.2, 0) is 0 Å². The summed E-state index contributed by atoms with van der Waals surface area (Å²) in [6.45, 7) is 2.20. The first-order valence-corrected chi connectivity index (χ1v) is 4.59. The van der Waals surface area contributed by atoms with Gasteiger partial charge >= 0.3 is 0 Å². The van der Waals surface area contributed by atoms with Crippen LogP contribution in [0.25, 0.3) is 0 Å². The van der Waals surface area contributed by atoms with E-state index in [4.69, 9.17) is 0 Å². The lowest BCUT2D eigenvalue weighted by molar-refractivity contribution is 0.979. The minimum Gasteiger partial charge on any atom is -0.0836 e. The van der Waals surface area contributed by atoms with Gasteiger partial charge in [0, 0.05) is 0 Å². The monoisotopic (exact) mass is 158 g/mol. The van der Waals surface area contributed by atoms with Crippen molar-refractivity contribution >= 4 is 0 Å². The van der Waals surface area contributed by atoms with Crippen LogP contribution in [0.5, 0.6) is 0 Å². The van der Waals surface area contributed by atoms with Gasteiger partial charge in [0.1, 0.15) is 0 Å². The average Bonchev–Trinajstić information content (AvgIpc) is 2.25. The van der Waals surface area contributed by atoms with E-state index < -0.39 is 0 Å². The van der Waals surface area contributed by atoms with Crippen molar-refractivity contribution in [3.05, 3.63) is 47.1 Å². The predicted molar refractivity (Wildman–Crippen MR) is 52.9 cm³/mol. The lowest BCUT2D eigenvalue weighted by atomic mass is 9.97. The highest BCUT2D eigenvalue weighted by molar-refractivity contribution is 5.46. The lowest BCUT2D eigenvalue weighted by Gasteiger charge is -2.08. The van der Waals surface area contributed by atoms with Crippen LogP contribution < -0.4 is 0 Å². The molecule has 0 radical (unpaired) electrons. The minimum atomic E-state index is 1.11. The second-order valence-corrected chi connectivity index (χ2v) is 3.52. The molecule has 12 heavy (non-hydrogen) atoms. The van der Waals surface area contributed by atoms with Gasteiger partial charge in [0.2, 0.25) is 0 Å². The third-order valence-electron chi connectivity index (χ3n) is 2.41. The molecule has 0 fully saturated rings. The van der Waals surface area contributed by atoms with Crippen LogP contribution in [0, 0.1) is 0 Å². The highest BCUT2D eigenvalue weighted by Crippen LogP contribution is 2.25. The molecular formula is C12H14. The largest absolute Gasteiger partial charge is 0.0836 e. The van der Waals surface area contributed by atoms with Crippen molar-refractivity contribution in [3.8, 4) is 0 Å². The molecule has 0 heterocycles. The highest BCUT2D eigenvalue weighted by atomic mass is 14.1. The molecular weight excluding hydrogens is 144 g/mol. The minimum absolute atomic E-state index is 1.11. The van der Waals surface area contributed by atoms with Gasteiger partial charge in [-0.05, 0) is 37.3 Å². The van der Waals surface area contributed by atoms with E-state index in [0.29, 0.717) is 0 Å². The van der Waals surface area contributed by atoms with Crippen LogP contribution in [0.2, 0.25) is 0 Å². The number of allylic oxidation sites excluding steroid dienone is 8. The first kappa shape index (κ1) is 7.60. The quantitative estimate of drug-likeness (QED) is 0.506. The van der Waals surface area contributed by atoms with Crippen LogP contribution in [0.15, 0.2) is 47.1 Å². The molecule has 0 spiro atoms. The molecule has 0 saturated heterocycles. The number of hydrogen-bond donors (Lipinski definition) is 0. The molecule has 0 heteroatoms. The Morgan fingerprint density at radius 1 is 1.17 bits per heavy atom.